The van der Waals surface area contributed by atoms with Crippen LogP contribution < -0.4 is 10.5 Å². The monoisotopic (exact) mass is 197 g/mol. The van der Waals surface area contributed by atoms with Crippen molar-refractivity contribution in [2.45, 2.75) is 20.8 Å². The van der Waals surface area contributed by atoms with Crippen molar-refractivity contribution >= 4 is 5.69 Å². The molecular weight excluding hydrogens is 181 g/mol. The summed E-state index contributed by atoms with van der Waals surface area (Å²) in [4.78, 5) is 0. The minimum Gasteiger partial charge on any atom is -0.490 e. The fraction of sp³-hybridized carbons (Fsp3) is 0.455. The Hall–Kier alpha value is -1.25. The van der Waals surface area contributed by atoms with Gasteiger partial charge in [0.1, 0.15) is 0 Å². The largest absolute Gasteiger partial charge is 0.490 e. The van der Waals surface area contributed by atoms with E-state index < -0.39 is 5.82 Å². The highest BCUT2D eigenvalue weighted by Gasteiger charge is 2.07. The zero-order valence-corrected chi connectivity index (χ0v) is 8.80. The average molecular weight is 197 g/mol. The molecule has 0 saturated heterocycles. The molecule has 1 rings (SSSR count). The van der Waals surface area contributed by atoms with Gasteiger partial charge in [-0.15, -0.1) is 0 Å². The number of rotatable bonds is 3. The molecule has 0 unspecified atom stereocenters. The van der Waals surface area contributed by atoms with Crippen LogP contribution in [0, 0.1) is 18.7 Å². The quantitative estimate of drug-likeness (QED) is 0.756. The molecule has 1 aromatic rings. The van der Waals surface area contributed by atoms with E-state index in [2.05, 4.69) is 0 Å². The Bertz CT molecular complexity index is 323. The summed E-state index contributed by atoms with van der Waals surface area (Å²) < 4.78 is 18.6. The fourth-order valence-electron chi connectivity index (χ4n) is 1.04. The first-order valence-corrected chi connectivity index (χ1v) is 4.69. The maximum atomic E-state index is 13.3. The summed E-state index contributed by atoms with van der Waals surface area (Å²) >= 11 is 0. The SMILES string of the molecule is Cc1cc(OCC(C)C)c(F)cc1N. The lowest BCUT2D eigenvalue weighted by Gasteiger charge is -2.11. The summed E-state index contributed by atoms with van der Waals surface area (Å²) in [5.74, 6) is 0.270. The molecule has 0 aliphatic rings. The van der Waals surface area contributed by atoms with Gasteiger partial charge in [0.15, 0.2) is 11.6 Å². The lowest BCUT2D eigenvalue weighted by molar-refractivity contribution is 0.259. The molecule has 0 fully saturated rings. The Labute approximate surface area is 83.9 Å². The first-order chi connectivity index (χ1) is 6.50. The zero-order chi connectivity index (χ0) is 10.7. The second-order valence-electron chi connectivity index (χ2n) is 3.84. The standard InChI is InChI=1S/C11H16FNO/c1-7(2)6-14-11-4-8(3)10(13)5-9(11)12/h4-5,7H,6,13H2,1-3H3. The molecule has 0 heterocycles. The van der Waals surface area contributed by atoms with Gasteiger partial charge in [0.05, 0.1) is 6.61 Å². The predicted octanol–water partition coefficient (Wildman–Crippen LogP) is 2.75. The Morgan fingerprint density at radius 3 is 2.64 bits per heavy atom. The molecule has 0 radical (unpaired) electrons. The van der Waals surface area contributed by atoms with Crippen LogP contribution in [0.25, 0.3) is 0 Å². The van der Waals surface area contributed by atoms with Gasteiger partial charge in [-0.3, -0.25) is 0 Å². The summed E-state index contributed by atoms with van der Waals surface area (Å²) in [6, 6.07) is 2.93. The highest BCUT2D eigenvalue weighted by molar-refractivity contribution is 5.50. The smallest absolute Gasteiger partial charge is 0.167 e. The molecule has 0 amide bonds. The lowest BCUT2D eigenvalue weighted by Crippen LogP contribution is -2.06. The minimum atomic E-state index is -0.395. The summed E-state index contributed by atoms with van der Waals surface area (Å²) in [5.41, 5.74) is 6.85. The van der Waals surface area contributed by atoms with Crippen molar-refractivity contribution < 1.29 is 9.13 Å². The van der Waals surface area contributed by atoms with Gasteiger partial charge >= 0.3 is 0 Å². The van der Waals surface area contributed by atoms with E-state index >= 15 is 0 Å². The van der Waals surface area contributed by atoms with Crippen molar-refractivity contribution in [3.05, 3.63) is 23.5 Å². The van der Waals surface area contributed by atoms with Gasteiger partial charge in [-0.25, -0.2) is 4.39 Å². The molecule has 1 aromatic carbocycles. The van der Waals surface area contributed by atoms with Gasteiger partial charge < -0.3 is 10.5 Å². The van der Waals surface area contributed by atoms with Crippen LogP contribution in [0.3, 0.4) is 0 Å². The van der Waals surface area contributed by atoms with Crippen LogP contribution in [0.2, 0.25) is 0 Å². The molecule has 0 aliphatic carbocycles. The van der Waals surface area contributed by atoms with Crippen molar-refractivity contribution in [2.75, 3.05) is 12.3 Å². The van der Waals surface area contributed by atoms with Gasteiger partial charge in [0, 0.05) is 11.8 Å². The van der Waals surface area contributed by atoms with Gasteiger partial charge in [0.25, 0.3) is 0 Å². The van der Waals surface area contributed by atoms with Crippen molar-refractivity contribution in [1.82, 2.24) is 0 Å². The summed E-state index contributed by atoms with van der Waals surface area (Å²) in [7, 11) is 0. The van der Waals surface area contributed by atoms with E-state index in [0.29, 0.717) is 18.2 Å². The van der Waals surface area contributed by atoms with Crippen LogP contribution in [-0.4, -0.2) is 6.61 Å². The number of nitrogens with two attached hydrogens (primary N) is 1. The highest BCUT2D eigenvalue weighted by Crippen LogP contribution is 2.23. The maximum absolute atomic E-state index is 13.3. The fourth-order valence-corrected chi connectivity index (χ4v) is 1.04. The number of benzene rings is 1. The maximum Gasteiger partial charge on any atom is 0.167 e. The van der Waals surface area contributed by atoms with Crippen molar-refractivity contribution in [2.24, 2.45) is 5.92 Å². The molecule has 0 bridgehead atoms. The Kier molecular flexibility index (Phi) is 3.33. The van der Waals surface area contributed by atoms with Crippen molar-refractivity contribution in [3.8, 4) is 5.75 Å². The summed E-state index contributed by atoms with van der Waals surface area (Å²) in [6.07, 6.45) is 0. The molecular formula is C11H16FNO. The van der Waals surface area contributed by atoms with E-state index in [1.807, 2.05) is 20.8 Å². The van der Waals surface area contributed by atoms with E-state index in [-0.39, 0.29) is 5.75 Å². The number of hydrogen-bond acceptors (Lipinski definition) is 2. The molecule has 0 aliphatic heterocycles. The number of aryl methyl sites for hydroxylation is 1. The predicted molar refractivity (Wildman–Crippen MR) is 55.9 cm³/mol. The van der Waals surface area contributed by atoms with E-state index in [1.165, 1.54) is 6.07 Å². The molecule has 2 N–H and O–H groups in total. The number of nitrogen functional groups attached to an aromatic ring is 1. The van der Waals surface area contributed by atoms with Crippen LogP contribution in [0.15, 0.2) is 12.1 Å². The van der Waals surface area contributed by atoms with Gasteiger partial charge in [-0.2, -0.15) is 0 Å². The first kappa shape index (κ1) is 10.8. The third-order valence-corrected chi connectivity index (χ3v) is 1.89. The lowest BCUT2D eigenvalue weighted by atomic mass is 10.2. The molecule has 14 heavy (non-hydrogen) atoms. The van der Waals surface area contributed by atoms with E-state index in [0.717, 1.165) is 5.56 Å². The normalized spacial score (nSPS) is 10.6. The molecule has 0 spiro atoms. The van der Waals surface area contributed by atoms with Gasteiger partial charge in [-0.05, 0) is 24.5 Å². The average Bonchev–Trinajstić information content (AvgIpc) is 2.09. The Morgan fingerprint density at radius 1 is 1.43 bits per heavy atom. The molecule has 0 saturated carbocycles. The minimum absolute atomic E-state index is 0.283. The van der Waals surface area contributed by atoms with Crippen LogP contribution >= 0.6 is 0 Å². The van der Waals surface area contributed by atoms with Crippen LogP contribution in [-0.2, 0) is 0 Å². The molecule has 78 valence electrons. The zero-order valence-electron chi connectivity index (χ0n) is 8.80. The third kappa shape index (κ3) is 2.62. The third-order valence-electron chi connectivity index (χ3n) is 1.89. The van der Waals surface area contributed by atoms with Crippen molar-refractivity contribution in [3.63, 3.8) is 0 Å². The van der Waals surface area contributed by atoms with Crippen molar-refractivity contribution in [1.29, 1.82) is 0 Å². The molecule has 3 heteroatoms. The Morgan fingerprint density at radius 2 is 2.07 bits per heavy atom. The topological polar surface area (TPSA) is 35.2 Å². The summed E-state index contributed by atoms with van der Waals surface area (Å²) in [6.45, 7) is 6.38. The van der Waals surface area contributed by atoms with E-state index in [1.54, 1.807) is 6.07 Å². The van der Waals surface area contributed by atoms with Gasteiger partial charge in [-0.1, -0.05) is 13.8 Å². The van der Waals surface area contributed by atoms with Crippen LogP contribution in [0.5, 0.6) is 5.75 Å². The van der Waals surface area contributed by atoms with E-state index in [9.17, 15) is 4.39 Å². The number of hydrogen-bond donors (Lipinski definition) is 1. The van der Waals surface area contributed by atoms with Crippen LogP contribution in [0.4, 0.5) is 10.1 Å². The second kappa shape index (κ2) is 4.31. The first-order valence-electron chi connectivity index (χ1n) is 4.69. The molecule has 0 aromatic heterocycles. The molecule has 0 atom stereocenters. The van der Waals surface area contributed by atoms with Gasteiger partial charge in [0.2, 0.25) is 0 Å². The number of ether oxygens (including phenoxy) is 1. The van der Waals surface area contributed by atoms with E-state index in [4.69, 9.17) is 10.5 Å². The Balaban J connectivity index is 2.82. The summed E-state index contributed by atoms with van der Waals surface area (Å²) in [5, 5.41) is 0. The van der Waals surface area contributed by atoms with Crippen LogP contribution in [0.1, 0.15) is 19.4 Å². The number of anilines is 1. The number of halogens is 1. The molecule has 2 nitrogen and oxygen atoms in total. The second-order valence-corrected chi connectivity index (χ2v) is 3.84. The highest BCUT2D eigenvalue weighted by atomic mass is 19.1.